The maximum Gasteiger partial charge on any atom is 0.252 e. The number of carbonyl (C=O) groups is 1. The summed E-state index contributed by atoms with van der Waals surface area (Å²) in [5.41, 5.74) is 1.18. The lowest BCUT2D eigenvalue weighted by atomic mass is 10.1. The number of aromatic hydroxyl groups is 2. The quantitative estimate of drug-likeness (QED) is 0.798. The molecule has 1 aromatic carbocycles. The van der Waals surface area contributed by atoms with Crippen molar-refractivity contribution in [1.29, 1.82) is 0 Å². The molecule has 2 rings (SSSR count). The van der Waals surface area contributed by atoms with E-state index < -0.39 is 0 Å². The van der Waals surface area contributed by atoms with Gasteiger partial charge in [-0.05, 0) is 36.2 Å². The standard InChI is InChI=1S/C15H16N2O3/c1-2-14(10-3-5-16-6-4-10)17-15(20)11-7-12(18)9-13(19)8-11/h3-9,14,18-19H,2H2,1H3,(H,17,20)/t14-/m0/s1. The Hall–Kier alpha value is -2.56. The molecule has 0 aliphatic carbocycles. The molecule has 0 radical (unpaired) electrons. The fourth-order valence-electron chi connectivity index (χ4n) is 1.98. The van der Waals surface area contributed by atoms with Crippen molar-refractivity contribution in [2.75, 3.05) is 0 Å². The largest absolute Gasteiger partial charge is 0.508 e. The summed E-state index contributed by atoms with van der Waals surface area (Å²) in [6.07, 6.45) is 4.06. The van der Waals surface area contributed by atoms with Crippen LogP contribution in [-0.4, -0.2) is 21.1 Å². The van der Waals surface area contributed by atoms with Gasteiger partial charge in [0, 0.05) is 24.0 Å². The Balaban J connectivity index is 2.17. The molecule has 0 unspecified atom stereocenters. The van der Waals surface area contributed by atoms with Gasteiger partial charge in [0.15, 0.2) is 0 Å². The number of phenolic OH excluding ortho intramolecular Hbond substituents is 2. The molecule has 104 valence electrons. The zero-order chi connectivity index (χ0) is 14.5. The lowest BCUT2D eigenvalue weighted by Gasteiger charge is -2.17. The Kier molecular flexibility index (Phi) is 4.20. The van der Waals surface area contributed by atoms with Gasteiger partial charge in [-0.1, -0.05) is 6.92 Å². The predicted octanol–water partition coefficient (Wildman–Crippen LogP) is 2.37. The molecule has 1 heterocycles. The third-order valence-corrected chi connectivity index (χ3v) is 2.99. The SMILES string of the molecule is CC[C@H](NC(=O)c1cc(O)cc(O)c1)c1ccncc1. The van der Waals surface area contributed by atoms with Crippen LogP contribution in [0.3, 0.4) is 0 Å². The highest BCUT2D eigenvalue weighted by molar-refractivity contribution is 5.95. The van der Waals surface area contributed by atoms with Crippen molar-refractivity contribution in [3.8, 4) is 11.5 Å². The summed E-state index contributed by atoms with van der Waals surface area (Å²) in [4.78, 5) is 16.1. The molecule has 5 nitrogen and oxygen atoms in total. The van der Waals surface area contributed by atoms with Gasteiger partial charge in [0.25, 0.3) is 5.91 Å². The summed E-state index contributed by atoms with van der Waals surface area (Å²) in [7, 11) is 0. The van der Waals surface area contributed by atoms with Gasteiger partial charge in [-0.25, -0.2) is 0 Å². The molecule has 0 aliphatic heterocycles. The van der Waals surface area contributed by atoms with Gasteiger partial charge in [0.1, 0.15) is 11.5 Å². The maximum absolute atomic E-state index is 12.1. The third kappa shape index (κ3) is 3.26. The lowest BCUT2D eigenvalue weighted by Crippen LogP contribution is -2.28. The number of nitrogens with zero attached hydrogens (tertiary/aromatic N) is 1. The Morgan fingerprint density at radius 1 is 1.20 bits per heavy atom. The zero-order valence-electron chi connectivity index (χ0n) is 11.1. The summed E-state index contributed by atoms with van der Waals surface area (Å²) < 4.78 is 0. The molecular weight excluding hydrogens is 256 g/mol. The van der Waals surface area contributed by atoms with Gasteiger partial charge in [-0.2, -0.15) is 0 Å². The molecule has 0 saturated heterocycles. The van der Waals surface area contributed by atoms with Crippen molar-refractivity contribution in [3.05, 3.63) is 53.9 Å². The van der Waals surface area contributed by atoms with Crippen molar-refractivity contribution in [3.63, 3.8) is 0 Å². The first-order chi connectivity index (χ1) is 9.60. The molecule has 0 bridgehead atoms. The van der Waals surface area contributed by atoms with E-state index in [0.29, 0.717) is 0 Å². The van der Waals surface area contributed by atoms with E-state index in [1.165, 1.54) is 18.2 Å². The normalized spacial score (nSPS) is 11.8. The van der Waals surface area contributed by atoms with Crippen molar-refractivity contribution >= 4 is 5.91 Å². The average molecular weight is 272 g/mol. The van der Waals surface area contributed by atoms with Crippen molar-refractivity contribution in [2.45, 2.75) is 19.4 Å². The highest BCUT2D eigenvalue weighted by atomic mass is 16.3. The number of pyridine rings is 1. The summed E-state index contributed by atoms with van der Waals surface area (Å²) in [6, 6.07) is 7.34. The molecular formula is C15H16N2O3. The topological polar surface area (TPSA) is 82.5 Å². The maximum atomic E-state index is 12.1. The van der Waals surface area contributed by atoms with Crippen LogP contribution in [0, 0.1) is 0 Å². The second-order valence-corrected chi connectivity index (χ2v) is 4.45. The summed E-state index contributed by atoms with van der Waals surface area (Å²) in [5, 5.41) is 21.7. The van der Waals surface area contributed by atoms with Gasteiger partial charge in [-0.3, -0.25) is 9.78 Å². The van der Waals surface area contributed by atoms with E-state index in [0.717, 1.165) is 12.0 Å². The summed E-state index contributed by atoms with van der Waals surface area (Å²) >= 11 is 0. The molecule has 3 N–H and O–H groups in total. The smallest absolute Gasteiger partial charge is 0.252 e. The predicted molar refractivity (Wildman–Crippen MR) is 74.5 cm³/mol. The van der Waals surface area contributed by atoms with Crippen LogP contribution in [0.4, 0.5) is 0 Å². The highest BCUT2D eigenvalue weighted by Crippen LogP contribution is 2.22. The average Bonchev–Trinajstić information content (AvgIpc) is 2.44. The minimum atomic E-state index is -0.347. The first kappa shape index (κ1) is 13.9. The molecule has 20 heavy (non-hydrogen) atoms. The van der Waals surface area contributed by atoms with Gasteiger partial charge in [0.2, 0.25) is 0 Å². The third-order valence-electron chi connectivity index (χ3n) is 2.99. The molecule has 0 fully saturated rings. The number of hydrogen-bond donors (Lipinski definition) is 3. The summed E-state index contributed by atoms with van der Waals surface area (Å²) in [5.74, 6) is -0.640. The van der Waals surface area contributed by atoms with Crippen LogP contribution in [0.5, 0.6) is 11.5 Å². The van der Waals surface area contributed by atoms with Crippen molar-refractivity contribution in [2.24, 2.45) is 0 Å². The van der Waals surface area contributed by atoms with E-state index in [-0.39, 0.29) is 29.0 Å². The summed E-state index contributed by atoms with van der Waals surface area (Å²) in [6.45, 7) is 1.96. The lowest BCUT2D eigenvalue weighted by molar-refractivity contribution is 0.0934. The van der Waals surface area contributed by atoms with E-state index in [4.69, 9.17) is 0 Å². The minimum absolute atomic E-state index is 0.144. The fourth-order valence-corrected chi connectivity index (χ4v) is 1.98. The Bertz CT molecular complexity index is 579. The van der Waals surface area contributed by atoms with E-state index in [2.05, 4.69) is 10.3 Å². The molecule has 5 heteroatoms. The van der Waals surface area contributed by atoms with E-state index in [9.17, 15) is 15.0 Å². The molecule has 1 aromatic heterocycles. The number of benzene rings is 1. The first-order valence-corrected chi connectivity index (χ1v) is 6.34. The van der Waals surface area contributed by atoms with Crippen LogP contribution in [0.1, 0.15) is 35.3 Å². The highest BCUT2D eigenvalue weighted by Gasteiger charge is 2.15. The number of rotatable bonds is 4. The second-order valence-electron chi connectivity index (χ2n) is 4.45. The Labute approximate surface area is 116 Å². The van der Waals surface area contributed by atoms with Gasteiger partial charge < -0.3 is 15.5 Å². The minimum Gasteiger partial charge on any atom is -0.508 e. The number of nitrogens with one attached hydrogen (secondary N) is 1. The van der Waals surface area contributed by atoms with Gasteiger partial charge >= 0.3 is 0 Å². The van der Waals surface area contributed by atoms with Crippen molar-refractivity contribution in [1.82, 2.24) is 10.3 Å². The van der Waals surface area contributed by atoms with Crippen molar-refractivity contribution < 1.29 is 15.0 Å². The van der Waals surface area contributed by atoms with E-state index >= 15 is 0 Å². The molecule has 0 aliphatic rings. The number of carbonyl (C=O) groups excluding carboxylic acids is 1. The van der Waals surface area contributed by atoms with Gasteiger partial charge in [-0.15, -0.1) is 0 Å². The first-order valence-electron chi connectivity index (χ1n) is 6.34. The zero-order valence-corrected chi connectivity index (χ0v) is 11.1. The second kappa shape index (κ2) is 6.06. The van der Waals surface area contributed by atoms with E-state index in [1.54, 1.807) is 12.4 Å². The van der Waals surface area contributed by atoms with Crippen LogP contribution in [0.2, 0.25) is 0 Å². The van der Waals surface area contributed by atoms with Crippen LogP contribution < -0.4 is 5.32 Å². The van der Waals surface area contributed by atoms with Crippen LogP contribution in [-0.2, 0) is 0 Å². The molecule has 0 spiro atoms. The fraction of sp³-hybridized carbons (Fsp3) is 0.200. The van der Waals surface area contributed by atoms with Gasteiger partial charge in [0.05, 0.1) is 6.04 Å². The molecule has 1 amide bonds. The number of amides is 1. The number of aromatic nitrogens is 1. The van der Waals surface area contributed by atoms with Crippen LogP contribution in [0.15, 0.2) is 42.7 Å². The Morgan fingerprint density at radius 2 is 1.80 bits per heavy atom. The monoisotopic (exact) mass is 272 g/mol. The van der Waals surface area contributed by atoms with E-state index in [1.807, 2.05) is 19.1 Å². The number of hydrogen-bond acceptors (Lipinski definition) is 4. The van der Waals surface area contributed by atoms with Crippen LogP contribution in [0.25, 0.3) is 0 Å². The molecule has 1 atom stereocenters. The molecule has 0 saturated carbocycles. The molecule has 2 aromatic rings. The number of phenols is 2. The van der Waals surface area contributed by atoms with Crippen LogP contribution >= 0.6 is 0 Å². The Morgan fingerprint density at radius 3 is 2.35 bits per heavy atom.